The quantitative estimate of drug-likeness (QED) is 0.0385. The molecule has 5 nitrogen and oxygen atoms in total. The molecule has 0 aromatic heterocycles. The van der Waals surface area contributed by atoms with Crippen LogP contribution >= 0.6 is 0 Å². The number of carbonyl (C=O) groups is 2. The lowest BCUT2D eigenvalue weighted by Gasteiger charge is -2.15. The van der Waals surface area contributed by atoms with E-state index in [9.17, 15) is 14.7 Å². The van der Waals surface area contributed by atoms with Gasteiger partial charge in [0, 0.05) is 12.8 Å². The fourth-order valence-electron chi connectivity index (χ4n) is 6.46. The number of ether oxygens (including phenoxy) is 2. The molecule has 1 atom stereocenters. The van der Waals surface area contributed by atoms with E-state index in [0.29, 0.717) is 12.8 Å². The highest BCUT2D eigenvalue weighted by molar-refractivity contribution is 5.70. The van der Waals surface area contributed by atoms with Gasteiger partial charge >= 0.3 is 11.9 Å². The predicted molar refractivity (Wildman–Crippen MR) is 224 cm³/mol. The van der Waals surface area contributed by atoms with E-state index in [1.54, 1.807) is 0 Å². The first-order chi connectivity index (χ1) is 25.6. The van der Waals surface area contributed by atoms with Crippen LogP contribution in [0.15, 0.2) is 36.5 Å². The van der Waals surface area contributed by atoms with Crippen LogP contribution in [0.25, 0.3) is 0 Å². The number of hydrogen-bond donors (Lipinski definition) is 1. The number of allylic oxidation sites excluding steroid dienone is 6. The summed E-state index contributed by atoms with van der Waals surface area (Å²) in [7, 11) is 0. The number of hydrogen-bond acceptors (Lipinski definition) is 5. The van der Waals surface area contributed by atoms with Crippen molar-refractivity contribution in [1.82, 2.24) is 0 Å². The summed E-state index contributed by atoms with van der Waals surface area (Å²) in [5.41, 5.74) is 0. The van der Waals surface area contributed by atoms with Crippen molar-refractivity contribution < 1.29 is 24.2 Å². The zero-order chi connectivity index (χ0) is 37.8. The maximum Gasteiger partial charge on any atom is 0.306 e. The van der Waals surface area contributed by atoms with Crippen LogP contribution < -0.4 is 0 Å². The molecule has 5 heteroatoms. The molecule has 0 aliphatic carbocycles. The lowest BCUT2D eigenvalue weighted by molar-refractivity contribution is -0.161. The van der Waals surface area contributed by atoms with Crippen molar-refractivity contribution in [2.45, 2.75) is 238 Å². The fourth-order valence-corrected chi connectivity index (χ4v) is 6.46. The molecule has 0 saturated heterocycles. The number of esters is 2. The van der Waals surface area contributed by atoms with Crippen molar-refractivity contribution in [3.8, 4) is 0 Å². The van der Waals surface area contributed by atoms with Gasteiger partial charge in [-0.25, -0.2) is 0 Å². The molecular formula is C47H86O5. The Morgan fingerprint density at radius 3 is 1.19 bits per heavy atom. The van der Waals surface area contributed by atoms with Gasteiger partial charge in [-0.05, 0) is 70.6 Å². The average Bonchev–Trinajstić information content (AvgIpc) is 3.15. The lowest BCUT2D eigenvalue weighted by atomic mass is 10.0. The summed E-state index contributed by atoms with van der Waals surface area (Å²) in [4.78, 5) is 24.3. The third-order valence-electron chi connectivity index (χ3n) is 9.91. The molecular weight excluding hydrogens is 645 g/mol. The van der Waals surface area contributed by atoms with Crippen LogP contribution in [-0.4, -0.2) is 36.4 Å². The number of rotatable bonds is 41. The number of carbonyl (C=O) groups excluding carboxylic acids is 2. The van der Waals surface area contributed by atoms with Gasteiger partial charge in [0.05, 0.1) is 6.61 Å². The van der Waals surface area contributed by atoms with Crippen molar-refractivity contribution in [3.05, 3.63) is 36.5 Å². The Labute approximate surface area is 323 Å². The van der Waals surface area contributed by atoms with Crippen LogP contribution in [0.2, 0.25) is 0 Å². The Morgan fingerprint density at radius 1 is 0.442 bits per heavy atom. The zero-order valence-corrected chi connectivity index (χ0v) is 34.6. The van der Waals surface area contributed by atoms with E-state index in [1.807, 2.05) is 0 Å². The maximum atomic E-state index is 12.2. The summed E-state index contributed by atoms with van der Waals surface area (Å²) in [6.07, 6.45) is 53.6. The molecule has 0 aliphatic rings. The SMILES string of the molecule is CCCCCC=CCC=CCCCCCCCCCC(=O)O[C@@H](CO)COC(=O)CCCCCCCCCCCCCC=CCCCCCCCC. The summed E-state index contributed by atoms with van der Waals surface area (Å²) < 4.78 is 10.6. The van der Waals surface area contributed by atoms with Gasteiger partial charge in [0.25, 0.3) is 0 Å². The summed E-state index contributed by atoms with van der Waals surface area (Å²) in [5.74, 6) is -0.594. The van der Waals surface area contributed by atoms with Crippen molar-refractivity contribution >= 4 is 11.9 Å². The van der Waals surface area contributed by atoms with Crippen LogP contribution in [0.5, 0.6) is 0 Å². The Morgan fingerprint density at radius 2 is 0.769 bits per heavy atom. The first-order valence-corrected chi connectivity index (χ1v) is 22.5. The highest BCUT2D eigenvalue weighted by Gasteiger charge is 2.16. The van der Waals surface area contributed by atoms with Crippen LogP contribution in [0.3, 0.4) is 0 Å². The standard InChI is InChI=1S/C47H86O5/c1-3-5-7-9-11-13-15-17-19-21-22-23-24-26-27-29-31-33-35-37-39-41-46(49)51-44-45(43-48)52-47(50)42-40-38-36-34-32-30-28-25-20-18-16-14-12-10-8-6-4-2/h12,14,17-20,45,48H,3-11,13,15-16,21-44H2,1-2H3/t45-/m0/s1. The average molecular weight is 731 g/mol. The monoisotopic (exact) mass is 731 g/mol. The van der Waals surface area contributed by atoms with Gasteiger partial charge in [0.2, 0.25) is 0 Å². The van der Waals surface area contributed by atoms with E-state index >= 15 is 0 Å². The number of unbranched alkanes of at least 4 members (excludes halogenated alkanes) is 27. The van der Waals surface area contributed by atoms with Gasteiger partial charge in [-0.15, -0.1) is 0 Å². The zero-order valence-electron chi connectivity index (χ0n) is 34.6. The normalized spacial score (nSPS) is 12.4. The molecule has 0 aliphatic heterocycles. The van der Waals surface area contributed by atoms with Gasteiger partial charge in [-0.3, -0.25) is 9.59 Å². The molecule has 1 N–H and O–H groups in total. The summed E-state index contributed by atoms with van der Waals surface area (Å²) in [6, 6.07) is 0. The molecule has 304 valence electrons. The molecule has 52 heavy (non-hydrogen) atoms. The molecule has 0 heterocycles. The van der Waals surface area contributed by atoms with E-state index in [0.717, 1.165) is 51.4 Å². The third-order valence-corrected chi connectivity index (χ3v) is 9.91. The Bertz CT molecular complexity index is 832. The van der Waals surface area contributed by atoms with Gasteiger partial charge in [-0.2, -0.15) is 0 Å². The second-order valence-electron chi connectivity index (χ2n) is 15.1. The first-order valence-electron chi connectivity index (χ1n) is 22.5. The van der Waals surface area contributed by atoms with E-state index < -0.39 is 6.10 Å². The largest absolute Gasteiger partial charge is 0.462 e. The van der Waals surface area contributed by atoms with Crippen molar-refractivity contribution in [2.24, 2.45) is 0 Å². The molecule has 0 aromatic carbocycles. The highest BCUT2D eigenvalue weighted by atomic mass is 16.6. The highest BCUT2D eigenvalue weighted by Crippen LogP contribution is 2.15. The molecule has 0 unspecified atom stereocenters. The van der Waals surface area contributed by atoms with Crippen LogP contribution in [-0.2, 0) is 19.1 Å². The Kier molecular flexibility index (Phi) is 42.0. The van der Waals surface area contributed by atoms with Crippen molar-refractivity contribution in [1.29, 1.82) is 0 Å². The molecule has 0 fully saturated rings. The maximum absolute atomic E-state index is 12.2. The predicted octanol–water partition coefficient (Wildman–Crippen LogP) is 14.4. The molecule has 0 saturated carbocycles. The van der Waals surface area contributed by atoms with Gasteiger partial charge in [-0.1, -0.05) is 185 Å². The minimum atomic E-state index is -0.774. The summed E-state index contributed by atoms with van der Waals surface area (Å²) in [5, 5.41) is 9.59. The fraction of sp³-hybridized carbons (Fsp3) is 0.830. The number of aliphatic hydroxyl groups is 1. The van der Waals surface area contributed by atoms with Crippen molar-refractivity contribution in [2.75, 3.05) is 13.2 Å². The van der Waals surface area contributed by atoms with Crippen LogP contribution in [0, 0.1) is 0 Å². The van der Waals surface area contributed by atoms with Gasteiger partial charge in [0.15, 0.2) is 6.10 Å². The molecule has 0 bridgehead atoms. The van der Waals surface area contributed by atoms with E-state index in [4.69, 9.17) is 9.47 Å². The Balaban J connectivity index is 3.51. The summed E-state index contributed by atoms with van der Waals surface area (Å²) in [6.45, 7) is 4.12. The van der Waals surface area contributed by atoms with Gasteiger partial charge in [0.1, 0.15) is 6.61 Å². The topological polar surface area (TPSA) is 72.8 Å². The van der Waals surface area contributed by atoms with Crippen LogP contribution in [0.1, 0.15) is 232 Å². The third kappa shape index (κ3) is 40.9. The number of aliphatic hydroxyl groups excluding tert-OH is 1. The molecule has 0 aromatic rings. The first kappa shape index (κ1) is 50.1. The minimum Gasteiger partial charge on any atom is -0.462 e. The second-order valence-corrected chi connectivity index (χ2v) is 15.1. The molecule has 0 amide bonds. The Hall–Kier alpha value is -1.88. The van der Waals surface area contributed by atoms with E-state index in [-0.39, 0.29) is 25.2 Å². The lowest BCUT2D eigenvalue weighted by Crippen LogP contribution is -2.28. The van der Waals surface area contributed by atoms with Gasteiger partial charge < -0.3 is 14.6 Å². The second kappa shape index (κ2) is 43.5. The molecule has 0 rings (SSSR count). The molecule has 0 radical (unpaired) electrons. The van der Waals surface area contributed by atoms with E-state index in [2.05, 4.69) is 50.3 Å². The molecule has 0 spiro atoms. The van der Waals surface area contributed by atoms with E-state index in [1.165, 1.54) is 154 Å². The van der Waals surface area contributed by atoms with Crippen molar-refractivity contribution in [3.63, 3.8) is 0 Å². The summed E-state index contributed by atoms with van der Waals surface area (Å²) >= 11 is 0. The smallest absolute Gasteiger partial charge is 0.306 e. The minimum absolute atomic E-state index is 0.0675. The van der Waals surface area contributed by atoms with Crippen LogP contribution in [0.4, 0.5) is 0 Å².